The summed E-state index contributed by atoms with van der Waals surface area (Å²) in [5.74, 6) is 1.41. The Morgan fingerprint density at radius 1 is 0.762 bits per heavy atom. The van der Waals surface area contributed by atoms with Crippen molar-refractivity contribution in [1.82, 2.24) is 19.8 Å². The smallest absolute Gasteiger partial charge is 0.238 e. The standard InChI is InChI=1S/C29H34N8O4S/c1-36(2)17-26(38)30-19-9-8-10-23(15-19)42-35-29-28(32-24-11-6-7-12-25(24)33-29)34-41-22-14-20(13-21(16-22)40-5)31-27(39)18-37(3)4/h6-16H,17-18H2,1-5H3,(H,30,38)(H,31,39)(H,32,34)(H,33,35). The predicted molar refractivity (Wildman–Crippen MR) is 167 cm³/mol. The lowest BCUT2D eigenvalue weighted by molar-refractivity contribution is -0.117. The first-order valence-corrected chi connectivity index (χ1v) is 13.8. The molecule has 1 heterocycles. The number of carbonyl (C=O) groups excluding carboxylic acids is 2. The number of nitrogens with one attached hydrogen (secondary N) is 4. The minimum Gasteiger partial charge on any atom is -0.497 e. The van der Waals surface area contributed by atoms with Gasteiger partial charge in [0.2, 0.25) is 17.6 Å². The van der Waals surface area contributed by atoms with Crippen LogP contribution in [0.5, 0.6) is 11.5 Å². The summed E-state index contributed by atoms with van der Waals surface area (Å²) in [6, 6.07) is 20.0. The number of rotatable bonds is 13. The number of likely N-dealkylation sites (N-methyl/N-ethyl adjacent to an activating group) is 2. The van der Waals surface area contributed by atoms with Crippen molar-refractivity contribution in [2.75, 3.05) is 69.2 Å². The molecule has 4 rings (SSSR count). The van der Waals surface area contributed by atoms with E-state index >= 15 is 0 Å². The van der Waals surface area contributed by atoms with Crippen LogP contribution in [0.25, 0.3) is 11.0 Å². The fraction of sp³-hybridized carbons (Fsp3) is 0.241. The van der Waals surface area contributed by atoms with E-state index in [0.29, 0.717) is 45.5 Å². The Bertz CT molecular complexity index is 1550. The summed E-state index contributed by atoms with van der Waals surface area (Å²) in [7, 11) is 8.85. The molecule has 13 heteroatoms. The molecule has 0 fully saturated rings. The van der Waals surface area contributed by atoms with Gasteiger partial charge in [-0.05, 0) is 70.5 Å². The molecule has 0 aliphatic heterocycles. The maximum Gasteiger partial charge on any atom is 0.238 e. The van der Waals surface area contributed by atoms with E-state index in [0.717, 1.165) is 4.90 Å². The van der Waals surface area contributed by atoms with Crippen molar-refractivity contribution >= 4 is 57.8 Å². The first kappa shape index (κ1) is 30.4. The molecule has 0 bridgehead atoms. The molecule has 42 heavy (non-hydrogen) atoms. The van der Waals surface area contributed by atoms with Gasteiger partial charge in [0.1, 0.15) is 5.75 Å². The van der Waals surface area contributed by atoms with Crippen LogP contribution < -0.4 is 30.4 Å². The number of nitrogens with zero attached hydrogens (tertiary/aromatic N) is 4. The fourth-order valence-corrected chi connectivity index (χ4v) is 4.48. The second-order valence-electron chi connectivity index (χ2n) is 9.81. The van der Waals surface area contributed by atoms with Crippen LogP contribution in [0.4, 0.5) is 23.0 Å². The second-order valence-corrected chi connectivity index (χ2v) is 10.7. The zero-order chi connectivity index (χ0) is 30.1. The van der Waals surface area contributed by atoms with E-state index in [2.05, 4.69) is 20.8 Å². The number of aromatic nitrogens is 2. The molecule has 0 unspecified atom stereocenters. The van der Waals surface area contributed by atoms with Gasteiger partial charge in [-0.15, -0.1) is 0 Å². The van der Waals surface area contributed by atoms with Gasteiger partial charge in [0, 0.05) is 34.5 Å². The third kappa shape index (κ3) is 8.96. The lowest BCUT2D eigenvalue weighted by Gasteiger charge is -2.15. The summed E-state index contributed by atoms with van der Waals surface area (Å²) < 4.78 is 8.63. The third-order valence-electron chi connectivity index (χ3n) is 5.54. The number of carbonyl (C=O) groups is 2. The van der Waals surface area contributed by atoms with Crippen molar-refractivity contribution in [3.05, 3.63) is 66.7 Å². The average Bonchev–Trinajstić information content (AvgIpc) is 2.93. The lowest BCUT2D eigenvalue weighted by atomic mass is 10.2. The van der Waals surface area contributed by atoms with E-state index in [1.54, 1.807) is 28.0 Å². The highest BCUT2D eigenvalue weighted by Gasteiger charge is 2.13. The molecular formula is C29H34N8O4S. The van der Waals surface area contributed by atoms with Gasteiger partial charge in [-0.1, -0.05) is 18.2 Å². The monoisotopic (exact) mass is 590 g/mol. The maximum atomic E-state index is 12.3. The van der Waals surface area contributed by atoms with Gasteiger partial charge in [0.15, 0.2) is 11.6 Å². The minimum atomic E-state index is -0.169. The van der Waals surface area contributed by atoms with Crippen LogP contribution in [0.2, 0.25) is 0 Å². The van der Waals surface area contributed by atoms with Gasteiger partial charge in [-0.25, -0.2) is 15.4 Å². The van der Waals surface area contributed by atoms with Crippen LogP contribution in [0.15, 0.2) is 71.6 Å². The van der Waals surface area contributed by atoms with Gasteiger partial charge in [-0.3, -0.25) is 9.59 Å². The van der Waals surface area contributed by atoms with Crippen LogP contribution in [0.3, 0.4) is 0 Å². The molecule has 3 aromatic carbocycles. The molecule has 0 aliphatic rings. The van der Waals surface area contributed by atoms with Crippen LogP contribution in [0, 0.1) is 0 Å². The molecule has 0 atom stereocenters. The molecule has 0 spiro atoms. The van der Waals surface area contributed by atoms with E-state index in [9.17, 15) is 9.59 Å². The zero-order valence-corrected chi connectivity index (χ0v) is 24.9. The fourth-order valence-electron chi connectivity index (χ4n) is 3.79. The topological polar surface area (TPSA) is 133 Å². The van der Waals surface area contributed by atoms with E-state index < -0.39 is 0 Å². The minimum absolute atomic E-state index is 0.0999. The molecule has 1 aromatic heterocycles. The van der Waals surface area contributed by atoms with Crippen molar-refractivity contribution < 1.29 is 19.2 Å². The number of benzene rings is 3. The molecule has 0 saturated carbocycles. The maximum absolute atomic E-state index is 12.3. The zero-order valence-electron chi connectivity index (χ0n) is 24.1. The number of amides is 2. The largest absolute Gasteiger partial charge is 0.497 e. The highest BCUT2D eigenvalue weighted by molar-refractivity contribution is 8.00. The first-order valence-electron chi connectivity index (χ1n) is 13.0. The highest BCUT2D eigenvalue weighted by Crippen LogP contribution is 2.30. The van der Waals surface area contributed by atoms with Crippen LogP contribution >= 0.6 is 11.9 Å². The Hall–Kier alpha value is -4.59. The van der Waals surface area contributed by atoms with E-state index in [4.69, 9.17) is 19.5 Å². The highest BCUT2D eigenvalue weighted by atomic mass is 32.2. The summed E-state index contributed by atoms with van der Waals surface area (Å²) in [6.45, 7) is 0.519. The number of methoxy groups -OCH3 is 1. The van der Waals surface area contributed by atoms with Gasteiger partial charge in [0.25, 0.3) is 0 Å². The SMILES string of the molecule is COc1cc(NC(=O)CN(C)C)cc(ONc2nc3ccccc3nc2NSc2cccc(NC(=O)CN(C)C)c2)c1. The first-order chi connectivity index (χ1) is 20.2. The third-order valence-corrected chi connectivity index (χ3v) is 6.32. The molecule has 12 nitrogen and oxygen atoms in total. The van der Waals surface area contributed by atoms with Crippen molar-refractivity contribution in [3.8, 4) is 11.5 Å². The van der Waals surface area contributed by atoms with Gasteiger partial charge < -0.3 is 34.7 Å². The van der Waals surface area contributed by atoms with E-state index in [-0.39, 0.29) is 24.9 Å². The number of para-hydroxylation sites is 2. The van der Waals surface area contributed by atoms with Crippen LogP contribution in [0.1, 0.15) is 0 Å². The summed E-state index contributed by atoms with van der Waals surface area (Å²) in [6.07, 6.45) is 0. The Kier molecular flexibility index (Phi) is 10.4. The molecule has 0 radical (unpaired) electrons. The quantitative estimate of drug-likeness (QED) is 0.132. The van der Waals surface area contributed by atoms with Gasteiger partial charge >= 0.3 is 0 Å². The second kappa shape index (κ2) is 14.3. The van der Waals surface area contributed by atoms with Crippen LogP contribution in [-0.4, -0.2) is 80.0 Å². The van der Waals surface area contributed by atoms with Crippen LogP contribution in [-0.2, 0) is 9.59 Å². The lowest BCUT2D eigenvalue weighted by Crippen LogP contribution is -2.27. The Balaban J connectivity index is 1.52. The van der Waals surface area contributed by atoms with Crippen molar-refractivity contribution in [3.63, 3.8) is 0 Å². The summed E-state index contributed by atoms with van der Waals surface area (Å²) in [5, 5.41) is 5.75. The Labute approximate surface area is 248 Å². The van der Waals surface area contributed by atoms with Gasteiger partial charge in [-0.2, -0.15) is 0 Å². The molecule has 4 aromatic rings. The number of fused-ring (bicyclic) bond motifs is 1. The summed E-state index contributed by atoms with van der Waals surface area (Å²) >= 11 is 1.31. The Morgan fingerprint density at radius 3 is 2.02 bits per heavy atom. The number of hydrogen-bond acceptors (Lipinski definition) is 11. The Morgan fingerprint density at radius 2 is 1.38 bits per heavy atom. The molecule has 0 saturated heterocycles. The number of anilines is 4. The molecule has 2 amide bonds. The van der Waals surface area contributed by atoms with Gasteiger partial charge in [0.05, 0.1) is 31.2 Å². The number of hydrogen-bond donors (Lipinski definition) is 4. The average molecular weight is 591 g/mol. The van der Waals surface area contributed by atoms with E-state index in [1.165, 1.54) is 19.1 Å². The summed E-state index contributed by atoms with van der Waals surface area (Å²) in [4.78, 5) is 44.2. The summed E-state index contributed by atoms with van der Waals surface area (Å²) in [5.41, 5.74) is 5.47. The molecule has 0 aliphatic carbocycles. The normalized spacial score (nSPS) is 10.9. The predicted octanol–water partition coefficient (Wildman–Crippen LogP) is 4.16. The molecule has 4 N–H and O–H groups in total. The van der Waals surface area contributed by atoms with Crippen molar-refractivity contribution in [2.24, 2.45) is 0 Å². The van der Waals surface area contributed by atoms with E-state index in [1.807, 2.05) is 76.7 Å². The van der Waals surface area contributed by atoms with Crippen molar-refractivity contribution in [1.29, 1.82) is 0 Å². The molecular weight excluding hydrogens is 556 g/mol. The van der Waals surface area contributed by atoms with Crippen molar-refractivity contribution in [2.45, 2.75) is 4.90 Å². The number of ether oxygens (including phenoxy) is 1. The molecule has 220 valence electrons.